The average Bonchev–Trinajstić information content (AvgIpc) is 2.36. The molecule has 2 N–H and O–H groups in total. The lowest BCUT2D eigenvalue weighted by Crippen LogP contribution is -2.11. The first-order valence-electron chi connectivity index (χ1n) is 6.13. The highest BCUT2D eigenvalue weighted by Crippen LogP contribution is 2.29. The first-order chi connectivity index (χ1) is 9.01. The Morgan fingerprint density at radius 1 is 1.05 bits per heavy atom. The molecule has 2 aromatic rings. The Kier molecular flexibility index (Phi) is 3.43. The van der Waals surface area contributed by atoms with E-state index in [9.17, 15) is 5.26 Å². The highest BCUT2D eigenvalue weighted by atomic mass is 15.1. The lowest BCUT2D eigenvalue weighted by atomic mass is 10.1. The summed E-state index contributed by atoms with van der Waals surface area (Å²) in [6.45, 7) is 4.14. The molecule has 0 atom stereocenters. The lowest BCUT2D eigenvalue weighted by molar-refractivity contribution is 1.18. The predicted octanol–water partition coefficient (Wildman–Crippen LogP) is 3.53. The van der Waals surface area contributed by atoms with E-state index in [0.717, 1.165) is 11.4 Å². The summed E-state index contributed by atoms with van der Waals surface area (Å²) in [5.41, 5.74) is 11.3. The number of hydrogen-bond acceptors (Lipinski definition) is 3. The minimum Gasteiger partial charge on any atom is -0.399 e. The van der Waals surface area contributed by atoms with Crippen molar-refractivity contribution in [2.24, 2.45) is 0 Å². The molecule has 0 saturated carbocycles. The molecule has 3 heteroatoms. The van der Waals surface area contributed by atoms with Gasteiger partial charge in [0.1, 0.15) is 6.07 Å². The molecule has 3 nitrogen and oxygen atoms in total. The van der Waals surface area contributed by atoms with Gasteiger partial charge in [-0.2, -0.15) is 5.26 Å². The fourth-order valence-corrected chi connectivity index (χ4v) is 2.22. The quantitative estimate of drug-likeness (QED) is 0.831. The number of nitrogens with zero attached hydrogens (tertiary/aromatic N) is 2. The molecule has 0 aliphatic heterocycles. The zero-order chi connectivity index (χ0) is 14.0. The Morgan fingerprint density at radius 3 is 2.26 bits per heavy atom. The van der Waals surface area contributed by atoms with Gasteiger partial charge in [-0.25, -0.2) is 0 Å². The molecule has 96 valence electrons. The van der Waals surface area contributed by atoms with Crippen molar-refractivity contribution in [2.75, 3.05) is 17.7 Å². The number of hydrogen-bond donors (Lipinski definition) is 1. The molecular formula is C16H17N3. The molecule has 0 unspecified atom stereocenters. The Bertz CT molecular complexity index is 633. The SMILES string of the molecule is Cc1cc(C)cc(N(C)c2ccc(N)cc2C#N)c1. The number of nitriles is 1. The normalized spacial score (nSPS) is 10.0. The van der Waals surface area contributed by atoms with Crippen LogP contribution in [0.2, 0.25) is 0 Å². The van der Waals surface area contributed by atoms with E-state index in [-0.39, 0.29) is 0 Å². The number of anilines is 3. The van der Waals surface area contributed by atoms with Crippen LogP contribution >= 0.6 is 0 Å². The van der Waals surface area contributed by atoms with Gasteiger partial charge in [-0.15, -0.1) is 0 Å². The van der Waals surface area contributed by atoms with Crippen LogP contribution in [0.25, 0.3) is 0 Å². The zero-order valence-electron chi connectivity index (χ0n) is 11.4. The van der Waals surface area contributed by atoms with Crippen molar-refractivity contribution >= 4 is 17.1 Å². The van der Waals surface area contributed by atoms with E-state index in [2.05, 4.69) is 38.1 Å². The van der Waals surface area contributed by atoms with Crippen molar-refractivity contribution in [2.45, 2.75) is 13.8 Å². The second-order valence-electron chi connectivity index (χ2n) is 4.79. The Labute approximate surface area is 113 Å². The van der Waals surface area contributed by atoms with Crippen LogP contribution in [0.1, 0.15) is 16.7 Å². The van der Waals surface area contributed by atoms with Gasteiger partial charge in [0.05, 0.1) is 11.3 Å². The molecule has 0 saturated heterocycles. The molecule has 19 heavy (non-hydrogen) atoms. The maximum absolute atomic E-state index is 9.22. The molecule has 2 aromatic carbocycles. The van der Waals surface area contributed by atoms with E-state index in [0.29, 0.717) is 11.3 Å². The maximum Gasteiger partial charge on any atom is 0.101 e. The fraction of sp³-hybridized carbons (Fsp3) is 0.188. The monoisotopic (exact) mass is 251 g/mol. The predicted molar refractivity (Wildman–Crippen MR) is 79.5 cm³/mol. The number of rotatable bonds is 2. The van der Waals surface area contributed by atoms with E-state index in [1.165, 1.54) is 11.1 Å². The highest BCUT2D eigenvalue weighted by Gasteiger charge is 2.10. The summed E-state index contributed by atoms with van der Waals surface area (Å²) in [4.78, 5) is 2.01. The molecule has 0 spiro atoms. The Balaban J connectivity index is 2.50. The van der Waals surface area contributed by atoms with E-state index in [1.807, 2.05) is 24.1 Å². The van der Waals surface area contributed by atoms with E-state index >= 15 is 0 Å². The van der Waals surface area contributed by atoms with Crippen LogP contribution in [-0.2, 0) is 0 Å². The second-order valence-corrected chi connectivity index (χ2v) is 4.79. The van der Waals surface area contributed by atoms with Crippen molar-refractivity contribution in [3.63, 3.8) is 0 Å². The molecule has 0 heterocycles. The van der Waals surface area contributed by atoms with Crippen LogP contribution < -0.4 is 10.6 Å². The highest BCUT2D eigenvalue weighted by molar-refractivity contribution is 5.71. The molecule has 0 aromatic heterocycles. The molecular weight excluding hydrogens is 234 g/mol. The minimum absolute atomic E-state index is 0.585. The largest absolute Gasteiger partial charge is 0.399 e. The van der Waals surface area contributed by atoms with Gasteiger partial charge in [0.2, 0.25) is 0 Å². The number of benzene rings is 2. The average molecular weight is 251 g/mol. The standard InChI is InChI=1S/C16H17N3/c1-11-6-12(2)8-15(7-11)19(3)16-5-4-14(18)9-13(16)10-17/h4-9H,18H2,1-3H3. The fourth-order valence-electron chi connectivity index (χ4n) is 2.22. The third-order valence-electron chi connectivity index (χ3n) is 3.10. The van der Waals surface area contributed by atoms with Gasteiger partial charge < -0.3 is 10.6 Å². The van der Waals surface area contributed by atoms with Gasteiger partial charge in [0.25, 0.3) is 0 Å². The third-order valence-corrected chi connectivity index (χ3v) is 3.10. The molecule has 2 rings (SSSR count). The van der Waals surface area contributed by atoms with Crippen molar-refractivity contribution < 1.29 is 0 Å². The van der Waals surface area contributed by atoms with Gasteiger partial charge in [-0.1, -0.05) is 6.07 Å². The molecule has 0 fully saturated rings. The number of nitrogens with two attached hydrogens (primary N) is 1. The van der Waals surface area contributed by atoms with Crippen molar-refractivity contribution in [3.05, 3.63) is 53.1 Å². The van der Waals surface area contributed by atoms with E-state index < -0.39 is 0 Å². The summed E-state index contributed by atoms with van der Waals surface area (Å²) >= 11 is 0. The van der Waals surface area contributed by atoms with Gasteiger partial charge in [-0.05, 0) is 55.3 Å². The van der Waals surface area contributed by atoms with Crippen molar-refractivity contribution in [3.8, 4) is 6.07 Å². The van der Waals surface area contributed by atoms with Crippen LogP contribution in [-0.4, -0.2) is 7.05 Å². The first-order valence-corrected chi connectivity index (χ1v) is 6.13. The minimum atomic E-state index is 0.585. The number of nitrogen functional groups attached to an aromatic ring is 1. The maximum atomic E-state index is 9.22. The van der Waals surface area contributed by atoms with Gasteiger partial charge in [-0.3, -0.25) is 0 Å². The molecule has 0 aliphatic carbocycles. The van der Waals surface area contributed by atoms with Gasteiger partial charge >= 0.3 is 0 Å². The van der Waals surface area contributed by atoms with Gasteiger partial charge in [0.15, 0.2) is 0 Å². The summed E-state index contributed by atoms with van der Waals surface area (Å²) < 4.78 is 0. The topological polar surface area (TPSA) is 53.0 Å². The zero-order valence-corrected chi connectivity index (χ0v) is 11.4. The molecule has 0 amide bonds. The molecule has 0 bridgehead atoms. The van der Waals surface area contributed by atoms with Crippen LogP contribution in [0, 0.1) is 25.2 Å². The Morgan fingerprint density at radius 2 is 1.68 bits per heavy atom. The van der Waals surface area contributed by atoms with Crippen LogP contribution in [0.15, 0.2) is 36.4 Å². The second kappa shape index (κ2) is 5.03. The van der Waals surface area contributed by atoms with E-state index in [1.54, 1.807) is 6.07 Å². The third kappa shape index (κ3) is 2.69. The smallest absolute Gasteiger partial charge is 0.101 e. The van der Waals surface area contributed by atoms with Crippen LogP contribution in [0.3, 0.4) is 0 Å². The molecule has 0 aliphatic rings. The summed E-state index contributed by atoms with van der Waals surface area (Å²) in [6, 6.07) is 13.9. The first kappa shape index (κ1) is 13.0. The summed E-state index contributed by atoms with van der Waals surface area (Å²) in [7, 11) is 1.96. The number of aryl methyl sites for hydroxylation is 2. The van der Waals surface area contributed by atoms with Crippen LogP contribution in [0.4, 0.5) is 17.1 Å². The van der Waals surface area contributed by atoms with Gasteiger partial charge in [0, 0.05) is 18.4 Å². The van der Waals surface area contributed by atoms with Crippen molar-refractivity contribution in [1.29, 1.82) is 5.26 Å². The summed E-state index contributed by atoms with van der Waals surface area (Å²) in [5, 5.41) is 9.22. The Hall–Kier alpha value is -2.47. The lowest BCUT2D eigenvalue weighted by Gasteiger charge is -2.22. The summed E-state index contributed by atoms with van der Waals surface area (Å²) in [5.74, 6) is 0. The van der Waals surface area contributed by atoms with Crippen molar-refractivity contribution in [1.82, 2.24) is 0 Å². The summed E-state index contributed by atoms with van der Waals surface area (Å²) in [6.07, 6.45) is 0. The van der Waals surface area contributed by atoms with E-state index in [4.69, 9.17) is 5.73 Å². The molecule has 0 radical (unpaired) electrons. The van der Waals surface area contributed by atoms with Crippen LogP contribution in [0.5, 0.6) is 0 Å².